The fraction of sp³-hybridized carbons (Fsp3) is 0.357. The van der Waals surface area contributed by atoms with Gasteiger partial charge >= 0.3 is 5.97 Å². The summed E-state index contributed by atoms with van der Waals surface area (Å²) in [6.07, 6.45) is 5.67. The summed E-state index contributed by atoms with van der Waals surface area (Å²) in [4.78, 5) is 12.0. The second kappa shape index (κ2) is 5.41. The van der Waals surface area contributed by atoms with Crippen LogP contribution in [0.1, 0.15) is 12.0 Å². The molecule has 0 bridgehead atoms. The van der Waals surface area contributed by atoms with Gasteiger partial charge in [0.05, 0.1) is 7.11 Å². The first-order valence-corrected chi connectivity index (χ1v) is 6.67. The molecule has 1 atom stereocenters. The van der Waals surface area contributed by atoms with Gasteiger partial charge < -0.3 is 4.74 Å². The lowest BCUT2D eigenvalue weighted by atomic mass is 9.94. The second-order valence-electron chi connectivity index (χ2n) is 4.13. The SMILES string of the molecule is COC(=O)C1(Cc2ccccc2)CC=CCS1. The van der Waals surface area contributed by atoms with Crippen LogP contribution in [-0.4, -0.2) is 23.6 Å². The third-order valence-electron chi connectivity index (χ3n) is 2.96. The number of allylic oxidation sites excluding steroid dienone is 1. The molecule has 2 nitrogen and oxygen atoms in total. The zero-order chi connectivity index (χ0) is 12.1. The van der Waals surface area contributed by atoms with Gasteiger partial charge in [-0.15, -0.1) is 11.8 Å². The monoisotopic (exact) mass is 248 g/mol. The van der Waals surface area contributed by atoms with E-state index in [1.807, 2.05) is 18.2 Å². The van der Waals surface area contributed by atoms with Gasteiger partial charge in [-0.05, 0) is 18.4 Å². The number of benzene rings is 1. The first kappa shape index (κ1) is 12.2. The van der Waals surface area contributed by atoms with E-state index in [-0.39, 0.29) is 5.97 Å². The van der Waals surface area contributed by atoms with Crippen molar-refractivity contribution in [3.8, 4) is 0 Å². The number of esters is 1. The molecule has 90 valence electrons. The van der Waals surface area contributed by atoms with Crippen molar-refractivity contribution in [3.05, 3.63) is 48.0 Å². The lowest BCUT2D eigenvalue weighted by Crippen LogP contribution is -2.39. The normalized spacial score (nSPS) is 23.4. The number of thioether (sulfide) groups is 1. The number of ether oxygens (including phenoxy) is 1. The highest BCUT2D eigenvalue weighted by Crippen LogP contribution is 2.37. The van der Waals surface area contributed by atoms with E-state index in [2.05, 4.69) is 24.3 Å². The Morgan fingerprint density at radius 3 is 2.71 bits per heavy atom. The van der Waals surface area contributed by atoms with Crippen molar-refractivity contribution in [1.29, 1.82) is 0 Å². The molecule has 0 amide bonds. The molecule has 1 aliphatic heterocycles. The van der Waals surface area contributed by atoms with Crippen molar-refractivity contribution in [1.82, 2.24) is 0 Å². The van der Waals surface area contributed by atoms with E-state index in [1.165, 1.54) is 12.7 Å². The van der Waals surface area contributed by atoms with Crippen LogP contribution in [-0.2, 0) is 16.0 Å². The summed E-state index contributed by atoms with van der Waals surface area (Å²) in [6, 6.07) is 10.1. The largest absolute Gasteiger partial charge is 0.468 e. The van der Waals surface area contributed by atoms with Crippen LogP contribution in [0.15, 0.2) is 42.5 Å². The summed E-state index contributed by atoms with van der Waals surface area (Å²) >= 11 is 1.68. The van der Waals surface area contributed by atoms with E-state index in [4.69, 9.17) is 4.74 Å². The third-order valence-corrected chi connectivity index (χ3v) is 4.35. The molecule has 3 heteroatoms. The summed E-state index contributed by atoms with van der Waals surface area (Å²) in [7, 11) is 1.47. The van der Waals surface area contributed by atoms with E-state index in [0.717, 1.165) is 18.6 Å². The highest BCUT2D eigenvalue weighted by atomic mass is 32.2. The summed E-state index contributed by atoms with van der Waals surface area (Å²) in [5.74, 6) is 0.762. The average Bonchev–Trinajstić information content (AvgIpc) is 2.40. The van der Waals surface area contributed by atoms with Crippen LogP contribution < -0.4 is 0 Å². The van der Waals surface area contributed by atoms with Crippen molar-refractivity contribution in [2.24, 2.45) is 0 Å². The third kappa shape index (κ3) is 2.72. The molecule has 1 unspecified atom stereocenters. The van der Waals surface area contributed by atoms with E-state index in [1.54, 1.807) is 11.8 Å². The second-order valence-corrected chi connectivity index (χ2v) is 5.54. The first-order valence-electron chi connectivity index (χ1n) is 5.68. The average molecular weight is 248 g/mol. The van der Waals surface area contributed by atoms with Crippen molar-refractivity contribution in [2.75, 3.05) is 12.9 Å². The smallest absolute Gasteiger partial charge is 0.322 e. The maximum atomic E-state index is 12.0. The van der Waals surface area contributed by atoms with Gasteiger partial charge in [0.1, 0.15) is 4.75 Å². The van der Waals surface area contributed by atoms with Crippen LogP contribution in [0.4, 0.5) is 0 Å². The van der Waals surface area contributed by atoms with Crippen LogP contribution in [0.5, 0.6) is 0 Å². The van der Waals surface area contributed by atoms with Crippen molar-refractivity contribution < 1.29 is 9.53 Å². The lowest BCUT2D eigenvalue weighted by molar-refractivity contribution is -0.143. The summed E-state index contributed by atoms with van der Waals surface area (Å²) in [5.41, 5.74) is 1.18. The van der Waals surface area contributed by atoms with Gasteiger partial charge in [0.25, 0.3) is 0 Å². The zero-order valence-electron chi connectivity index (χ0n) is 9.89. The fourth-order valence-electron chi connectivity index (χ4n) is 2.06. The number of rotatable bonds is 3. The molecule has 0 fully saturated rings. The van der Waals surface area contributed by atoms with E-state index in [0.29, 0.717) is 0 Å². The van der Waals surface area contributed by atoms with E-state index < -0.39 is 4.75 Å². The number of carbonyl (C=O) groups is 1. The van der Waals surface area contributed by atoms with Gasteiger partial charge in [-0.1, -0.05) is 42.5 Å². The Bertz CT molecular complexity index is 413. The topological polar surface area (TPSA) is 26.3 Å². The molecular weight excluding hydrogens is 232 g/mol. The molecule has 1 aromatic carbocycles. The molecule has 0 aliphatic carbocycles. The van der Waals surface area contributed by atoms with Gasteiger partial charge in [-0.3, -0.25) is 4.79 Å². The Hall–Kier alpha value is -1.22. The molecule has 17 heavy (non-hydrogen) atoms. The Kier molecular flexibility index (Phi) is 3.89. The maximum absolute atomic E-state index is 12.0. The van der Waals surface area contributed by atoms with Gasteiger partial charge in [0.2, 0.25) is 0 Å². The fourth-order valence-corrected chi connectivity index (χ4v) is 3.29. The van der Waals surface area contributed by atoms with Crippen LogP contribution in [0.3, 0.4) is 0 Å². The highest BCUT2D eigenvalue weighted by molar-refractivity contribution is 8.01. The molecule has 0 aromatic heterocycles. The number of hydrogen-bond acceptors (Lipinski definition) is 3. The van der Waals surface area contributed by atoms with Gasteiger partial charge in [-0.25, -0.2) is 0 Å². The van der Waals surface area contributed by atoms with Crippen molar-refractivity contribution in [3.63, 3.8) is 0 Å². The predicted octanol–water partition coefficient (Wildman–Crippen LogP) is 2.83. The Balaban J connectivity index is 2.22. The van der Waals surface area contributed by atoms with Crippen molar-refractivity contribution in [2.45, 2.75) is 17.6 Å². The summed E-state index contributed by atoms with van der Waals surface area (Å²) < 4.78 is 4.53. The highest BCUT2D eigenvalue weighted by Gasteiger charge is 2.40. The molecule has 0 saturated heterocycles. The predicted molar refractivity (Wildman–Crippen MR) is 71.1 cm³/mol. The summed E-state index contributed by atoms with van der Waals surface area (Å²) in [6.45, 7) is 0. The molecule has 0 spiro atoms. The lowest BCUT2D eigenvalue weighted by Gasteiger charge is -2.31. The molecule has 1 aliphatic rings. The van der Waals surface area contributed by atoms with Crippen LogP contribution >= 0.6 is 11.8 Å². The van der Waals surface area contributed by atoms with Crippen LogP contribution in [0.25, 0.3) is 0 Å². The number of carbonyl (C=O) groups excluding carboxylic acids is 1. The van der Waals surface area contributed by atoms with Gasteiger partial charge in [0, 0.05) is 5.75 Å². The molecule has 1 heterocycles. The minimum absolute atomic E-state index is 0.115. The Morgan fingerprint density at radius 1 is 1.35 bits per heavy atom. The molecule has 1 aromatic rings. The zero-order valence-corrected chi connectivity index (χ0v) is 10.7. The first-order chi connectivity index (χ1) is 8.27. The van der Waals surface area contributed by atoms with E-state index >= 15 is 0 Å². The molecule has 0 radical (unpaired) electrons. The minimum Gasteiger partial charge on any atom is -0.468 e. The number of hydrogen-bond donors (Lipinski definition) is 0. The maximum Gasteiger partial charge on any atom is 0.322 e. The number of methoxy groups -OCH3 is 1. The minimum atomic E-state index is -0.440. The van der Waals surface area contributed by atoms with Gasteiger partial charge in [0.15, 0.2) is 0 Å². The molecule has 0 saturated carbocycles. The Labute approximate surface area is 106 Å². The van der Waals surface area contributed by atoms with Gasteiger partial charge in [-0.2, -0.15) is 0 Å². The van der Waals surface area contributed by atoms with Crippen molar-refractivity contribution >= 4 is 17.7 Å². The van der Waals surface area contributed by atoms with Crippen LogP contribution in [0, 0.1) is 0 Å². The molecule has 0 N–H and O–H groups in total. The molecule has 2 rings (SSSR count). The molecular formula is C14H16O2S. The van der Waals surface area contributed by atoms with E-state index in [9.17, 15) is 4.79 Å². The standard InChI is InChI=1S/C14H16O2S/c1-16-13(15)14(9-5-6-10-17-14)11-12-7-3-2-4-8-12/h2-8H,9-11H2,1H3. The Morgan fingerprint density at radius 2 is 2.12 bits per heavy atom. The summed E-state index contributed by atoms with van der Waals surface area (Å²) in [5, 5.41) is 0. The van der Waals surface area contributed by atoms with Crippen LogP contribution in [0.2, 0.25) is 0 Å². The quantitative estimate of drug-likeness (QED) is 0.608.